The van der Waals surface area contributed by atoms with Crippen LogP contribution in [0.4, 0.5) is 11.6 Å². The maximum atomic E-state index is 12.8. The monoisotopic (exact) mass is 326 g/mol. The van der Waals surface area contributed by atoms with Crippen LogP contribution in [0.25, 0.3) is 0 Å². The summed E-state index contributed by atoms with van der Waals surface area (Å²) in [5.74, 6) is 0.468. The molecular weight excluding hydrogens is 304 g/mol. The molecule has 2 heterocycles. The van der Waals surface area contributed by atoms with Crippen molar-refractivity contribution in [1.29, 1.82) is 0 Å². The maximum Gasteiger partial charge on any atom is 0.261 e. The highest BCUT2D eigenvalue weighted by Gasteiger charge is 2.31. The largest absolute Gasteiger partial charge is 0.385 e. The molecule has 0 aliphatic carbocycles. The lowest BCUT2D eigenvalue weighted by Gasteiger charge is -2.22. The third kappa shape index (κ3) is 3.38. The minimum atomic E-state index is -0.0571. The van der Waals surface area contributed by atoms with E-state index in [1.54, 1.807) is 19.5 Å². The number of para-hydroxylation sites is 1. The fraction of sp³-hybridized carbons (Fsp3) is 0.389. The zero-order valence-corrected chi connectivity index (χ0v) is 14.0. The van der Waals surface area contributed by atoms with Gasteiger partial charge in [-0.2, -0.15) is 0 Å². The molecule has 0 spiro atoms. The van der Waals surface area contributed by atoms with Crippen molar-refractivity contribution in [3.8, 4) is 0 Å². The van der Waals surface area contributed by atoms with Crippen molar-refractivity contribution in [2.24, 2.45) is 0 Å². The molecular formula is C18H22N4O2. The number of aromatic nitrogens is 2. The van der Waals surface area contributed by atoms with Gasteiger partial charge in [0.25, 0.3) is 5.91 Å². The first-order chi connectivity index (χ1) is 11.7. The Kier molecular flexibility index (Phi) is 5.05. The predicted octanol–water partition coefficient (Wildman–Crippen LogP) is 2.52. The van der Waals surface area contributed by atoms with Crippen molar-refractivity contribution >= 4 is 17.5 Å². The number of benzene rings is 1. The third-order valence-corrected chi connectivity index (χ3v) is 4.13. The van der Waals surface area contributed by atoms with Gasteiger partial charge in [0.05, 0.1) is 5.56 Å². The standard InChI is InChI=1S/C18H22N4O2/c1-13-10-14-6-3-4-7-16(14)22(13)17(23)15-11-20-18(21-12-15)19-8-5-9-24-2/h3-4,6-7,11-13H,5,8-10H2,1-2H3,(H,19,20,21). The minimum absolute atomic E-state index is 0.0571. The third-order valence-electron chi connectivity index (χ3n) is 4.13. The number of anilines is 2. The van der Waals surface area contributed by atoms with Crippen LogP contribution in [0.3, 0.4) is 0 Å². The van der Waals surface area contributed by atoms with Gasteiger partial charge in [0.1, 0.15) is 0 Å². The van der Waals surface area contributed by atoms with Crippen LogP contribution >= 0.6 is 0 Å². The Balaban J connectivity index is 1.69. The van der Waals surface area contributed by atoms with Gasteiger partial charge in [0.2, 0.25) is 5.95 Å². The highest BCUT2D eigenvalue weighted by molar-refractivity contribution is 6.07. The first-order valence-corrected chi connectivity index (χ1v) is 8.17. The quantitative estimate of drug-likeness (QED) is 0.826. The van der Waals surface area contributed by atoms with E-state index in [0.717, 1.165) is 25.1 Å². The van der Waals surface area contributed by atoms with E-state index in [4.69, 9.17) is 4.74 Å². The average Bonchev–Trinajstić information content (AvgIpc) is 2.94. The number of carbonyl (C=O) groups is 1. The highest BCUT2D eigenvalue weighted by atomic mass is 16.5. The van der Waals surface area contributed by atoms with Gasteiger partial charge in [-0.1, -0.05) is 18.2 Å². The number of nitrogens with one attached hydrogen (secondary N) is 1. The van der Waals surface area contributed by atoms with Crippen molar-refractivity contribution < 1.29 is 9.53 Å². The maximum absolute atomic E-state index is 12.8. The normalized spacial score (nSPS) is 16.1. The molecule has 24 heavy (non-hydrogen) atoms. The second-order valence-electron chi connectivity index (χ2n) is 5.93. The van der Waals surface area contributed by atoms with Crippen molar-refractivity contribution in [1.82, 2.24) is 9.97 Å². The molecule has 6 nitrogen and oxygen atoms in total. The molecule has 0 fully saturated rings. The first kappa shape index (κ1) is 16.4. The molecule has 0 saturated heterocycles. The molecule has 2 aromatic rings. The molecule has 6 heteroatoms. The first-order valence-electron chi connectivity index (χ1n) is 8.17. The van der Waals surface area contributed by atoms with E-state index < -0.39 is 0 Å². The molecule has 1 atom stereocenters. The Hall–Kier alpha value is -2.47. The molecule has 3 rings (SSSR count). The molecule has 1 aromatic heterocycles. The Morgan fingerprint density at radius 3 is 2.83 bits per heavy atom. The molecule has 1 aliphatic rings. The number of fused-ring (bicyclic) bond motifs is 1. The van der Waals surface area contributed by atoms with Crippen LogP contribution in [-0.4, -0.2) is 42.2 Å². The zero-order chi connectivity index (χ0) is 16.9. The number of amides is 1. The van der Waals surface area contributed by atoms with Gasteiger partial charge in [-0.3, -0.25) is 4.79 Å². The molecule has 0 bridgehead atoms. The number of ether oxygens (including phenoxy) is 1. The average molecular weight is 326 g/mol. The van der Waals surface area contributed by atoms with Gasteiger partial charge < -0.3 is 15.0 Å². The molecule has 1 aromatic carbocycles. The van der Waals surface area contributed by atoms with Crippen LogP contribution in [-0.2, 0) is 11.2 Å². The summed E-state index contributed by atoms with van der Waals surface area (Å²) in [6.07, 6.45) is 4.92. The van der Waals surface area contributed by atoms with E-state index >= 15 is 0 Å². The van der Waals surface area contributed by atoms with Gasteiger partial charge in [-0.15, -0.1) is 0 Å². The summed E-state index contributed by atoms with van der Waals surface area (Å²) in [6.45, 7) is 3.48. The molecule has 126 valence electrons. The minimum Gasteiger partial charge on any atom is -0.385 e. The number of hydrogen-bond acceptors (Lipinski definition) is 5. The van der Waals surface area contributed by atoms with Gasteiger partial charge in [0.15, 0.2) is 0 Å². The lowest BCUT2D eigenvalue weighted by molar-refractivity contribution is 0.0981. The van der Waals surface area contributed by atoms with E-state index in [-0.39, 0.29) is 11.9 Å². The van der Waals surface area contributed by atoms with E-state index in [1.165, 1.54) is 5.56 Å². The number of nitrogens with zero attached hydrogens (tertiary/aromatic N) is 3. The second kappa shape index (κ2) is 7.40. The van der Waals surface area contributed by atoms with E-state index in [0.29, 0.717) is 18.1 Å². The van der Waals surface area contributed by atoms with Gasteiger partial charge >= 0.3 is 0 Å². The van der Waals surface area contributed by atoms with Crippen molar-refractivity contribution in [3.05, 3.63) is 47.8 Å². The topological polar surface area (TPSA) is 67.3 Å². The van der Waals surface area contributed by atoms with Gasteiger partial charge in [-0.05, 0) is 31.4 Å². The fourth-order valence-corrected chi connectivity index (χ4v) is 2.96. The number of hydrogen-bond donors (Lipinski definition) is 1. The molecule has 0 saturated carbocycles. The molecule has 1 aliphatic heterocycles. The summed E-state index contributed by atoms with van der Waals surface area (Å²) in [6, 6.07) is 8.17. The molecule has 1 N–H and O–H groups in total. The summed E-state index contributed by atoms with van der Waals surface area (Å²) in [7, 11) is 1.68. The summed E-state index contributed by atoms with van der Waals surface area (Å²) in [5, 5.41) is 3.11. The van der Waals surface area contributed by atoms with Crippen molar-refractivity contribution in [2.45, 2.75) is 25.8 Å². The summed E-state index contributed by atoms with van der Waals surface area (Å²) in [4.78, 5) is 23.2. The van der Waals surface area contributed by atoms with Gasteiger partial charge in [0, 0.05) is 44.4 Å². The van der Waals surface area contributed by atoms with Crippen LogP contribution in [0.2, 0.25) is 0 Å². The van der Waals surface area contributed by atoms with Crippen LogP contribution in [0.1, 0.15) is 29.3 Å². The van der Waals surface area contributed by atoms with E-state index in [1.807, 2.05) is 23.1 Å². The summed E-state index contributed by atoms with van der Waals surface area (Å²) >= 11 is 0. The molecule has 1 amide bonds. The van der Waals surface area contributed by atoms with Crippen LogP contribution in [0.15, 0.2) is 36.7 Å². The second-order valence-corrected chi connectivity index (χ2v) is 5.93. The van der Waals surface area contributed by atoms with E-state index in [2.05, 4.69) is 28.3 Å². The van der Waals surface area contributed by atoms with Crippen molar-refractivity contribution in [2.75, 3.05) is 30.5 Å². The predicted molar refractivity (Wildman–Crippen MR) is 93.4 cm³/mol. The Morgan fingerprint density at radius 2 is 2.08 bits per heavy atom. The fourth-order valence-electron chi connectivity index (χ4n) is 2.96. The molecule has 0 radical (unpaired) electrons. The summed E-state index contributed by atoms with van der Waals surface area (Å²) < 4.78 is 5.00. The van der Waals surface area contributed by atoms with Crippen LogP contribution in [0.5, 0.6) is 0 Å². The summed E-state index contributed by atoms with van der Waals surface area (Å²) in [5.41, 5.74) is 2.69. The highest BCUT2D eigenvalue weighted by Crippen LogP contribution is 2.32. The Labute approximate surface area is 141 Å². The number of methoxy groups -OCH3 is 1. The molecule has 1 unspecified atom stereocenters. The zero-order valence-electron chi connectivity index (χ0n) is 14.0. The SMILES string of the molecule is COCCCNc1ncc(C(=O)N2c3ccccc3CC2C)cn1. The number of rotatable bonds is 6. The van der Waals surface area contributed by atoms with Crippen LogP contribution in [0, 0.1) is 0 Å². The Bertz CT molecular complexity index is 702. The lowest BCUT2D eigenvalue weighted by Crippen LogP contribution is -2.35. The smallest absolute Gasteiger partial charge is 0.261 e. The van der Waals surface area contributed by atoms with Crippen LogP contribution < -0.4 is 10.2 Å². The van der Waals surface area contributed by atoms with Gasteiger partial charge in [-0.25, -0.2) is 9.97 Å². The lowest BCUT2D eigenvalue weighted by atomic mass is 10.1. The van der Waals surface area contributed by atoms with Crippen molar-refractivity contribution in [3.63, 3.8) is 0 Å². The Morgan fingerprint density at radius 1 is 1.33 bits per heavy atom. The van der Waals surface area contributed by atoms with E-state index in [9.17, 15) is 4.79 Å². The number of carbonyl (C=O) groups excluding carboxylic acids is 1.